The van der Waals surface area contributed by atoms with Crippen LogP contribution in [0.15, 0.2) is 11.0 Å². The molecule has 0 aliphatic heterocycles. The highest BCUT2D eigenvalue weighted by atomic mass is 32.2. The lowest BCUT2D eigenvalue weighted by Crippen LogP contribution is -2.03. The van der Waals surface area contributed by atoms with Crippen LogP contribution in [0.1, 0.15) is 13.3 Å². The van der Waals surface area contributed by atoms with Gasteiger partial charge in [-0.3, -0.25) is 4.55 Å². The normalized spacial score (nSPS) is 13.1. The van der Waals surface area contributed by atoms with Gasteiger partial charge in [0, 0.05) is 0 Å². The molecule has 2 N–H and O–H groups in total. The van der Waals surface area contributed by atoms with E-state index in [1.807, 2.05) is 0 Å². The number of carbonyl (C=O) groups is 1. The first kappa shape index (κ1) is 10.1. The van der Waals surface area contributed by atoms with Crippen LogP contribution in [0.3, 0.4) is 0 Å². The Morgan fingerprint density at radius 1 is 1.55 bits per heavy atom. The van der Waals surface area contributed by atoms with Crippen molar-refractivity contribution in [2.45, 2.75) is 13.3 Å². The summed E-state index contributed by atoms with van der Waals surface area (Å²) in [6.07, 6.45) is 0.0507. The molecule has 0 bridgehead atoms. The standard InChI is InChI=1S/C5H8O5S/c1-2-4(5(6)7)3-11(8,9)10/h3H,2H2,1H3,(H,6,7)(H,8,9,10). The lowest BCUT2D eigenvalue weighted by Gasteiger charge is -1.93. The quantitative estimate of drug-likeness (QED) is 0.480. The highest BCUT2D eigenvalue weighted by Crippen LogP contribution is 2.02. The minimum absolute atomic E-state index is 0.0507. The largest absolute Gasteiger partial charge is 0.478 e. The molecule has 0 aromatic heterocycles. The molecule has 0 heterocycles. The highest BCUT2D eigenvalue weighted by molar-refractivity contribution is 7.88. The maximum atomic E-state index is 10.2. The molecule has 0 aliphatic carbocycles. The third-order valence-corrected chi connectivity index (χ3v) is 1.53. The Morgan fingerprint density at radius 2 is 2.00 bits per heavy atom. The van der Waals surface area contributed by atoms with Gasteiger partial charge in [-0.2, -0.15) is 8.42 Å². The van der Waals surface area contributed by atoms with E-state index in [4.69, 9.17) is 9.66 Å². The third-order valence-electron chi connectivity index (χ3n) is 0.947. The molecule has 6 heteroatoms. The van der Waals surface area contributed by atoms with E-state index in [0.717, 1.165) is 0 Å². The van der Waals surface area contributed by atoms with Crippen LogP contribution in [0.5, 0.6) is 0 Å². The second-order valence-electron chi connectivity index (χ2n) is 1.82. The van der Waals surface area contributed by atoms with Crippen molar-refractivity contribution >= 4 is 16.1 Å². The molecule has 0 atom stereocenters. The van der Waals surface area contributed by atoms with Gasteiger partial charge in [-0.25, -0.2) is 4.79 Å². The van der Waals surface area contributed by atoms with Crippen LogP contribution in [0.2, 0.25) is 0 Å². The summed E-state index contributed by atoms with van der Waals surface area (Å²) < 4.78 is 28.4. The molecule has 0 radical (unpaired) electrons. The molecule has 0 aromatic carbocycles. The number of hydrogen-bond acceptors (Lipinski definition) is 3. The van der Waals surface area contributed by atoms with Crippen LogP contribution in [0.25, 0.3) is 0 Å². The van der Waals surface area contributed by atoms with Gasteiger partial charge in [0.1, 0.15) is 0 Å². The fourth-order valence-corrected chi connectivity index (χ4v) is 1.09. The van der Waals surface area contributed by atoms with Crippen molar-refractivity contribution in [3.8, 4) is 0 Å². The van der Waals surface area contributed by atoms with Crippen LogP contribution in [0.4, 0.5) is 0 Å². The Morgan fingerprint density at radius 3 is 2.09 bits per heavy atom. The summed E-state index contributed by atoms with van der Waals surface area (Å²) in [7, 11) is -4.32. The Hall–Kier alpha value is -0.880. The van der Waals surface area contributed by atoms with Gasteiger partial charge in [-0.1, -0.05) is 6.92 Å². The van der Waals surface area contributed by atoms with Crippen molar-refractivity contribution in [2.24, 2.45) is 0 Å². The summed E-state index contributed by atoms with van der Waals surface area (Å²) in [5.74, 6) is -1.34. The van der Waals surface area contributed by atoms with E-state index in [0.29, 0.717) is 5.41 Å². The van der Waals surface area contributed by atoms with E-state index < -0.39 is 16.1 Å². The summed E-state index contributed by atoms with van der Waals surface area (Å²) in [6.45, 7) is 1.48. The molecule has 0 saturated heterocycles. The monoisotopic (exact) mass is 180 g/mol. The van der Waals surface area contributed by atoms with E-state index in [1.54, 1.807) is 0 Å². The van der Waals surface area contributed by atoms with E-state index in [2.05, 4.69) is 0 Å². The minimum atomic E-state index is -4.32. The average molecular weight is 180 g/mol. The number of carboxylic acids is 1. The molecular formula is C5H8O5S. The van der Waals surface area contributed by atoms with Gasteiger partial charge in [-0.15, -0.1) is 0 Å². The molecule has 0 aromatic rings. The van der Waals surface area contributed by atoms with Crippen LogP contribution in [0, 0.1) is 0 Å². The Bertz CT molecular complexity index is 273. The van der Waals surface area contributed by atoms with Gasteiger partial charge >= 0.3 is 5.97 Å². The fraction of sp³-hybridized carbons (Fsp3) is 0.400. The molecule has 0 spiro atoms. The molecule has 0 aliphatic rings. The molecule has 0 amide bonds. The van der Waals surface area contributed by atoms with Gasteiger partial charge < -0.3 is 5.11 Å². The van der Waals surface area contributed by atoms with E-state index in [-0.39, 0.29) is 12.0 Å². The zero-order valence-electron chi connectivity index (χ0n) is 5.81. The smallest absolute Gasteiger partial charge is 0.332 e. The second kappa shape index (κ2) is 3.49. The van der Waals surface area contributed by atoms with E-state index >= 15 is 0 Å². The molecule has 0 saturated carbocycles. The lowest BCUT2D eigenvalue weighted by molar-refractivity contribution is -0.132. The van der Waals surface area contributed by atoms with Gasteiger partial charge in [0.15, 0.2) is 0 Å². The van der Waals surface area contributed by atoms with Crippen LogP contribution >= 0.6 is 0 Å². The number of carboxylic acid groups (broad SMARTS) is 1. The van der Waals surface area contributed by atoms with E-state index in [1.165, 1.54) is 6.92 Å². The zero-order valence-corrected chi connectivity index (χ0v) is 6.63. The Labute approximate surface area is 64.1 Å². The van der Waals surface area contributed by atoms with Crippen LogP contribution in [-0.4, -0.2) is 24.0 Å². The van der Waals surface area contributed by atoms with Crippen molar-refractivity contribution in [2.75, 3.05) is 0 Å². The molecule has 64 valence electrons. The van der Waals surface area contributed by atoms with Gasteiger partial charge in [0.05, 0.1) is 11.0 Å². The summed E-state index contributed by atoms with van der Waals surface area (Å²) >= 11 is 0. The summed E-state index contributed by atoms with van der Waals surface area (Å²) in [5, 5.41) is 8.62. The first-order valence-electron chi connectivity index (χ1n) is 2.78. The Balaban J connectivity index is 4.79. The third kappa shape index (κ3) is 4.51. The van der Waals surface area contributed by atoms with E-state index in [9.17, 15) is 13.2 Å². The van der Waals surface area contributed by atoms with Crippen molar-refractivity contribution in [3.05, 3.63) is 11.0 Å². The molecule has 0 fully saturated rings. The average Bonchev–Trinajstić information content (AvgIpc) is 1.80. The Kier molecular flexibility index (Phi) is 3.21. The van der Waals surface area contributed by atoms with Gasteiger partial charge in [0.2, 0.25) is 0 Å². The fourth-order valence-electron chi connectivity index (χ4n) is 0.465. The van der Waals surface area contributed by atoms with Crippen molar-refractivity contribution in [1.29, 1.82) is 0 Å². The molecular weight excluding hydrogens is 172 g/mol. The SMILES string of the molecule is CCC(=CS(=O)(=O)O)C(=O)O. The van der Waals surface area contributed by atoms with Crippen molar-refractivity contribution < 1.29 is 22.9 Å². The van der Waals surface area contributed by atoms with Crippen molar-refractivity contribution in [1.82, 2.24) is 0 Å². The predicted molar refractivity (Wildman–Crippen MR) is 37.6 cm³/mol. The van der Waals surface area contributed by atoms with Gasteiger partial charge in [0.25, 0.3) is 10.1 Å². The summed E-state index contributed by atoms with van der Waals surface area (Å²) in [6, 6.07) is 0. The maximum absolute atomic E-state index is 10.2. The number of hydrogen-bond donors (Lipinski definition) is 2. The zero-order chi connectivity index (χ0) is 9.07. The predicted octanol–water partition coefficient (Wildman–Crippen LogP) is 0.253. The molecule has 5 nitrogen and oxygen atoms in total. The van der Waals surface area contributed by atoms with Gasteiger partial charge in [-0.05, 0) is 6.42 Å². The maximum Gasteiger partial charge on any atom is 0.332 e. The second-order valence-corrected chi connectivity index (χ2v) is 3.08. The van der Waals surface area contributed by atoms with Crippen LogP contribution in [-0.2, 0) is 14.9 Å². The summed E-state index contributed by atoms with van der Waals surface area (Å²) in [4.78, 5) is 10.2. The molecule has 0 unspecified atom stereocenters. The lowest BCUT2D eigenvalue weighted by atomic mass is 10.2. The first-order valence-corrected chi connectivity index (χ1v) is 4.28. The molecule has 0 rings (SSSR count). The molecule has 11 heavy (non-hydrogen) atoms. The topological polar surface area (TPSA) is 91.7 Å². The summed E-state index contributed by atoms with van der Waals surface area (Å²) in [5.41, 5.74) is -0.340. The van der Waals surface area contributed by atoms with Crippen LogP contribution < -0.4 is 0 Å². The highest BCUT2D eigenvalue weighted by Gasteiger charge is 2.08. The number of rotatable bonds is 3. The number of aliphatic carboxylic acids is 1. The first-order chi connectivity index (χ1) is 4.87. The van der Waals surface area contributed by atoms with Crippen molar-refractivity contribution in [3.63, 3.8) is 0 Å². The minimum Gasteiger partial charge on any atom is -0.478 e.